The number of carbonyl (C=O) groups is 2. The van der Waals surface area contributed by atoms with Crippen molar-refractivity contribution < 1.29 is 9.59 Å². The lowest BCUT2D eigenvalue weighted by Gasteiger charge is -2.16. The van der Waals surface area contributed by atoms with E-state index in [9.17, 15) is 9.59 Å². The SMILES string of the molecule is CCc1ccsc1C(=O)Nc1ccc(NC(=O)C(C)n2nc(C)cc2C)c(Cl)c1. The van der Waals surface area contributed by atoms with Gasteiger partial charge in [0.2, 0.25) is 5.91 Å². The van der Waals surface area contributed by atoms with Gasteiger partial charge in [0.05, 0.1) is 21.3 Å². The molecule has 1 unspecified atom stereocenters. The largest absolute Gasteiger partial charge is 0.323 e. The summed E-state index contributed by atoms with van der Waals surface area (Å²) in [5.74, 6) is -0.385. The van der Waals surface area contributed by atoms with Gasteiger partial charge >= 0.3 is 0 Å². The topological polar surface area (TPSA) is 76.0 Å². The minimum atomic E-state index is -0.481. The fourth-order valence-electron chi connectivity index (χ4n) is 3.08. The maximum absolute atomic E-state index is 12.6. The van der Waals surface area contributed by atoms with Crippen molar-refractivity contribution in [2.24, 2.45) is 0 Å². The molecule has 0 aliphatic carbocycles. The quantitative estimate of drug-likeness (QED) is 0.562. The molecule has 0 bridgehead atoms. The fourth-order valence-corrected chi connectivity index (χ4v) is 4.20. The molecule has 1 atom stereocenters. The zero-order valence-electron chi connectivity index (χ0n) is 16.7. The Morgan fingerprint density at radius 2 is 1.97 bits per heavy atom. The van der Waals surface area contributed by atoms with Crippen LogP contribution in [0.1, 0.15) is 46.5 Å². The van der Waals surface area contributed by atoms with Crippen molar-refractivity contribution in [2.45, 2.75) is 40.2 Å². The standard InChI is InChI=1S/C21H23ClN4O2S/c1-5-15-8-9-29-19(15)21(28)23-16-6-7-18(17(22)11-16)24-20(27)14(4)26-13(3)10-12(2)25-26/h6-11,14H,5H2,1-4H3,(H,23,28)(H,24,27). The third-order valence-electron chi connectivity index (χ3n) is 4.61. The van der Waals surface area contributed by atoms with E-state index in [0.717, 1.165) is 23.4 Å². The summed E-state index contributed by atoms with van der Waals surface area (Å²) in [6.45, 7) is 7.59. The molecule has 8 heteroatoms. The summed E-state index contributed by atoms with van der Waals surface area (Å²) >= 11 is 7.75. The van der Waals surface area contributed by atoms with Crippen LogP contribution in [-0.2, 0) is 11.2 Å². The first-order chi connectivity index (χ1) is 13.8. The second kappa shape index (κ2) is 8.80. The number of hydrogen-bond donors (Lipinski definition) is 2. The van der Waals surface area contributed by atoms with Crippen molar-refractivity contribution in [1.82, 2.24) is 9.78 Å². The molecule has 152 valence electrons. The van der Waals surface area contributed by atoms with Crippen LogP contribution >= 0.6 is 22.9 Å². The lowest BCUT2D eigenvalue weighted by Crippen LogP contribution is -2.25. The molecule has 29 heavy (non-hydrogen) atoms. The number of benzene rings is 1. The fraction of sp³-hybridized carbons (Fsp3) is 0.286. The maximum atomic E-state index is 12.6. The van der Waals surface area contributed by atoms with E-state index >= 15 is 0 Å². The van der Waals surface area contributed by atoms with Gasteiger partial charge < -0.3 is 10.6 Å². The highest BCUT2D eigenvalue weighted by molar-refractivity contribution is 7.12. The van der Waals surface area contributed by atoms with E-state index in [1.54, 1.807) is 29.8 Å². The first-order valence-corrected chi connectivity index (χ1v) is 10.6. The van der Waals surface area contributed by atoms with Crippen LogP contribution in [0.25, 0.3) is 0 Å². The number of carbonyl (C=O) groups excluding carboxylic acids is 2. The van der Waals surface area contributed by atoms with Crippen molar-refractivity contribution in [2.75, 3.05) is 10.6 Å². The zero-order chi connectivity index (χ0) is 21.1. The molecule has 0 saturated carbocycles. The summed E-state index contributed by atoms with van der Waals surface area (Å²) in [4.78, 5) is 25.8. The minimum Gasteiger partial charge on any atom is -0.323 e. The molecule has 2 aromatic heterocycles. The molecule has 2 heterocycles. The van der Waals surface area contributed by atoms with Gasteiger partial charge in [-0.3, -0.25) is 14.3 Å². The molecule has 0 aliphatic rings. The predicted molar refractivity (Wildman–Crippen MR) is 118 cm³/mol. The third kappa shape index (κ3) is 4.68. The van der Waals surface area contributed by atoms with Crippen LogP contribution in [0.15, 0.2) is 35.7 Å². The average molecular weight is 431 g/mol. The van der Waals surface area contributed by atoms with Gasteiger partial charge in [-0.05, 0) is 68.5 Å². The molecule has 0 saturated heterocycles. The molecular formula is C21H23ClN4O2S. The van der Waals surface area contributed by atoms with Gasteiger partial charge in [0.1, 0.15) is 6.04 Å². The van der Waals surface area contributed by atoms with E-state index in [1.165, 1.54) is 11.3 Å². The van der Waals surface area contributed by atoms with Crippen LogP contribution in [0.3, 0.4) is 0 Å². The van der Waals surface area contributed by atoms with Crippen LogP contribution in [0.5, 0.6) is 0 Å². The first-order valence-electron chi connectivity index (χ1n) is 9.31. The number of aromatic nitrogens is 2. The molecule has 3 rings (SSSR count). The number of nitrogens with one attached hydrogen (secondary N) is 2. The number of hydrogen-bond acceptors (Lipinski definition) is 4. The second-order valence-corrected chi connectivity index (χ2v) is 8.14. The Morgan fingerprint density at radius 3 is 2.59 bits per heavy atom. The van der Waals surface area contributed by atoms with Gasteiger partial charge in [0.15, 0.2) is 0 Å². The first kappa shape index (κ1) is 21.1. The monoisotopic (exact) mass is 430 g/mol. The number of nitrogens with zero attached hydrogens (tertiary/aromatic N) is 2. The highest BCUT2D eigenvalue weighted by Gasteiger charge is 2.19. The van der Waals surface area contributed by atoms with Gasteiger partial charge in [0.25, 0.3) is 5.91 Å². The average Bonchev–Trinajstić information content (AvgIpc) is 3.29. The van der Waals surface area contributed by atoms with Crippen molar-refractivity contribution in [3.05, 3.63) is 62.6 Å². The van der Waals surface area contributed by atoms with Crippen LogP contribution in [0.4, 0.5) is 11.4 Å². The summed E-state index contributed by atoms with van der Waals surface area (Å²) in [6, 6.07) is 8.42. The zero-order valence-corrected chi connectivity index (χ0v) is 18.3. The van der Waals surface area contributed by atoms with Crippen LogP contribution in [0.2, 0.25) is 5.02 Å². The summed E-state index contributed by atoms with van der Waals surface area (Å²) in [7, 11) is 0. The Morgan fingerprint density at radius 1 is 1.21 bits per heavy atom. The van der Waals surface area contributed by atoms with E-state index in [0.29, 0.717) is 21.3 Å². The van der Waals surface area contributed by atoms with E-state index < -0.39 is 6.04 Å². The Labute approximate surface area is 178 Å². The molecule has 2 amide bonds. The summed E-state index contributed by atoms with van der Waals surface area (Å²) in [5.41, 5.74) is 3.83. The normalized spacial score (nSPS) is 11.9. The molecule has 6 nitrogen and oxygen atoms in total. The number of rotatable bonds is 6. The van der Waals surface area contributed by atoms with Gasteiger partial charge in [-0.25, -0.2) is 0 Å². The minimum absolute atomic E-state index is 0.164. The lowest BCUT2D eigenvalue weighted by atomic mass is 10.2. The Bertz CT molecular complexity index is 1060. The summed E-state index contributed by atoms with van der Waals surface area (Å²) < 4.78 is 1.68. The van der Waals surface area contributed by atoms with Crippen molar-refractivity contribution in [3.63, 3.8) is 0 Å². The third-order valence-corrected chi connectivity index (χ3v) is 5.88. The highest BCUT2D eigenvalue weighted by atomic mass is 35.5. The molecule has 0 radical (unpaired) electrons. The van der Waals surface area contributed by atoms with Gasteiger partial charge in [-0.1, -0.05) is 18.5 Å². The predicted octanol–water partition coefficient (Wildman–Crippen LogP) is 5.23. The molecule has 0 spiro atoms. The molecule has 1 aromatic carbocycles. The number of aryl methyl sites for hydroxylation is 3. The van der Waals surface area contributed by atoms with Crippen LogP contribution in [0, 0.1) is 13.8 Å². The van der Waals surface area contributed by atoms with Crippen LogP contribution in [-0.4, -0.2) is 21.6 Å². The van der Waals surface area contributed by atoms with Gasteiger partial charge in [0, 0.05) is 11.4 Å². The Hall–Kier alpha value is -2.64. The molecule has 0 aliphatic heterocycles. The Kier molecular flexibility index (Phi) is 6.39. The second-order valence-electron chi connectivity index (χ2n) is 6.81. The molecular weight excluding hydrogens is 408 g/mol. The number of thiophene rings is 1. The highest BCUT2D eigenvalue weighted by Crippen LogP contribution is 2.27. The smallest absolute Gasteiger partial charge is 0.266 e. The van der Waals surface area contributed by atoms with Crippen LogP contribution < -0.4 is 10.6 Å². The molecule has 2 N–H and O–H groups in total. The van der Waals surface area contributed by atoms with Gasteiger partial charge in [-0.15, -0.1) is 11.3 Å². The maximum Gasteiger partial charge on any atom is 0.266 e. The van der Waals surface area contributed by atoms with E-state index in [1.807, 2.05) is 38.3 Å². The van der Waals surface area contributed by atoms with Gasteiger partial charge in [-0.2, -0.15) is 5.10 Å². The molecule has 0 fully saturated rings. The Balaban J connectivity index is 1.70. The lowest BCUT2D eigenvalue weighted by molar-refractivity contribution is -0.119. The number of anilines is 2. The summed E-state index contributed by atoms with van der Waals surface area (Å²) in [6.07, 6.45) is 0.797. The number of halogens is 1. The van der Waals surface area contributed by atoms with Crippen molar-refractivity contribution in [1.29, 1.82) is 0 Å². The molecule has 3 aromatic rings. The summed E-state index contributed by atoms with van der Waals surface area (Å²) in [5, 5.41) is 12.3. The van der Waals surface area contributed by atoms with Crippen molar-refractivity contribution in [3.8, 4) is 0 Å². The van der Waals surface area contributed by atoms with E-state index in [-0.39, 0.29) is 11.8 Å². The van der Waals surface area contributed by atoms with Crippen molar-refractivity contribution >= 4 is 46.1 Å². The van der Waals surface area contributed by atoms with E-state index in [4.69, 9.17) is 11.6 Å². The van der Waals surface area contributed by atoms with E-state index in [2.05, 4.69) is 15.7 Å². The number of amides is 2.